The highest BCUT2D eigenvalue weighted by Crippen LogP contribution is 2.46. The summed E-state index contributed by atoms with van der Waals surface area (Å²) < 4.78 is 22.6. The minimum atomic E-state index is -0.926. The van der Waals surface area contributed by atoms with Crippen molar-refractivity contribution in [3.05, 3.63) is 10.4 Å². The summed E-state index contributed by atoms with van der Waals surface area (Å²) in [6, 6.07) is -0.607. The molecule has 3 aliphatic rings. The Morgan fingerprint density at radius 2 is 2.17 bits per heavy atom. The number of hydrogen-bond donors (Lipinski definition) is 1. The van der Waals surface area contributed by atoms with E-state index in [0.29, 0.717) is 0 Å². The molecule has 5 atom stereocenters. The number of nitrogens with zero attached hydrogens (tertiary/aromatic N) is 3. The van der Waals surface area contributed by atoms with E-state index in [1.807, 2.05) is 0 Å². The van der Waals surface area contributed by atoms with Crippen LogP contribution in [0.15, 0.2) is 5.11 Å². The van der Waals surface area contributed by atoms with Crippen molar-refractivity contribution >= 4 is 0 Å². The first-order valence-corrected chi connectivity index (χ1v) is 5.81. The highest BCUT2D eigenvalue weighted by atomic mass is 16.8. The molecule has 1 N–H and O–H groups in total. The number of ether oxygens (including phenoxy) is 4. The standard InChI is InChI=1S/C10H15N3O5/c1-9(2)16-6-5(12-13-11)8-15-4-10(3-14,18-8)7(6)17-9/h5-8,14H,3-4H2,1-2H3/t5?,6-,7-,8+,10+/m1/s1. The van der Waals surface area contributed by atoms with Gasteiger partial charge < -0.3 is 24.1 Å². The monoisotopic (exact) mass is 257 g/mol. The Morgan fingerprint density at radius 3 is 2.83 bits per heavy atom. The van der Waals surface area contributed by atoms with E-state index in [9.17, 15) is 5.11 Å². The van der Waals surface area contributed by atoms with Crippen LogP contribution in [-0.2, 0) is 18.9 Å². The zero-order chi connectivity index (χ0) is 13.0. The van der Waals surface area contributed by atoms with E-state index in [4.69, 9.17) is 24.5 Å². The molecule has 0 aromatic rings. The van der Waals surface area contributed by atoms with Crippen LogP contribution in [-0.4, -0.2) is 54.2 Å². The van der Waals surface area contributed by atoms with E-state index in [1.54, 1.807) is 13.8 Å². The fraction of sp³-hybridized carbons (Fsp3) is 1.00. The molecule has 0 amide bonds. The summed E-state index contributed by atoms with van der Waals surface area (Å²) in [6.07, 6.45) is -1.66. The van der Waals surface area contributed by atoms with Crippen molar-refractivity contribution in [1.82, 2.24) is 0 Å². The number of aliphatic hydroxyl groups excluding tert-OH is 1. The predicted molar refractivity (Wildman–Crippen MR) is 57.4 cm³/mol. The van der Waals surface area contributed by atoms with Crippen LogP contribution in [0.3, 0.4) is 0 Å². The van der Waals surface area contributed by atoms with Crippen LogP contribution in [0.2, 0.25) is 0 Å². The average molecular weight is 257 g/mol. The molecule has 100 valence electrons. The number of rotatable bonds is 2. The smallest absolute Gasteiger partial charge is 0.169 e. The van der Waals surface area contributed by atoms with Crippen LogP contribution in [0.5, 0.6) is 0 Å². The number of aliphatic hydroxyl groups is 1. The summed E-state index contributed by atoms with van der Waals surface area (Å²) in [7, 11) is 0. The minimum Gasteiger partial charge on any atom is -0.393 e. The Bertz CT molecular complexity index is 410. The third-order valence-electron chi connectivity index (χ3n) is 3.56. The second kappa shape index (κ2) is 3.80. The molecule has 2 bridgehead atoms. The van der Waals surface area contributed by atoms with Gasteiger partial charge in [-0.15, -0.1) is 0 Å². The third-order valence-corrected chi connectivity index (χ3v) is 3.56. The van der Waals surface area contributed by atoms with Gasteiger partial charge in [-0.3, -0.25) is 0 Å². The highest BCUT2D eigenvalue weighted by molar-refractivity contribution is 5.10. The Labute approximate surface area is 103 Å². The average Bonchev–Trinajstić information content (AvgIpc) is 2.86. The van der Waals surface area contributed by atoms with Gasteiger partial charge in [0.25, 0.3) is 0 Å². The zero-order valence-electron chi connectivity index (χ0n) is 10.1. The Morgan fingerprint density at radius 1 is 1.39 bits per heavy atom. The van der Waals surface area contributed by atoms with E-state index in [-0.39, 0.29) is 13.2 Å². The number of hydrogen-bond acceptors (Lipinski definition) is 6. The molecule has 0 radical (unpaired) electrons. The molecule has 3 aliphatic heterocycles. The molecular weight excluding hydrogens is 242 g/mol. The molecular formula is C10H15N3O5. The lowest BCUT2D eigenvalue weighted by atomic mass is 9.89. The second-order valence-corrected chi connectivity index (χ2v) is 5.24. The summed E-state index contributed by atoms with van der Waals surface area (Å²) in [5, 5.41) is 13.2. The molecule has 0 aromatic heterocycles. The van der Waals surface area contributed by atoms with Crippen LogP contribution in [0, 0.1) is 0 Å². The van der Waals surface area contributed by atoms with Gasteiger partial charge in [-0.2, -0.15) is 0 Å². The predicted octanol–water partition coefficient (Wildman–Crippen LogP) is 0.303. The first-order valence-electron chi connectivity index (χ1n) is 5.81. The molecule has 0 aliphatic carbocycles. The maximum absolute atomic E-state index is 9.56. The van der Waals surface area contributed by atoms with Crippen molar-refractivity contribution in [2.45, 2.75) is 49.8 Å². The molecule has 3 fully saturated rings. The quantitative estimate of drug-likeness (QED) is 0.435. The van der Waals surface area contributed by atoms with E-state index >= 15 is 0 Å². The fourth-order valence-electron chi connectivity index (χ4n) is 2.79. The summed E-state index contributed by atoms with van der Waals surface area (Å²) >= 11 is 0. The second-order valence-electron chi connectivity index (χ2n) is 5.24. The molecule has 8 nitrogen and oxygen atoms in total. The van der Waals surface area contributed by atoms with Gasteiger partial charge in [0.05, 0.1) is 13.2 Å². The maximum Gasteiger partial charge on any atom is 0.169 e. The normalized spacial score (nSPS) is 48.6. The van der Waals surface area contributed by atoms with E-state index in [0.717, 1.165) is 0 Å². The van der Waals surface area contributed by atoms with Gasteiger partial charge in [-0.05, 0) is 19.4 Å². The lowest BCUT2D eigenvalue weighted by molar-refractivity contribution is -0.203. The summed E-state index contributed by atoms with van der Waals surface area (Å²) in [5.74, 6) is -0.797. The van der Waals surface area contributed by atoms with Crippen LogP contribution < -0.4 is 0 Å². The fourth-order valence-corrected chi connectivity index (χ4v) is 2.79. The van der Waals surface area contributed by atoms with Crippen molar-refractivity contribution in [2.75, 3.05) is 13.2 Å². The lowest BCUT2D eigenvalue weighted by Gasteiger charge is -2.39. The first kappa shape index (κ1) is 12.2. The Kier molecular flexibility index (Phi) is 2.57. The van der Waals surface area contributed by atoms with Crippen molar-refractivity contribution < 1.29 is 24.1 Å². The maximum atomic E-state index is 9.56. The molecule has 0 saturated carbocycles. The Hall–Kier alpha value is -0.890. The Balaban J connectivity index is 1.99. The van der Waals surface area contributed by atoms with E-state index in [1.165, 1.54) is 0 Å². The van der Waals surface area contributed by atoms with Crippen LogP contribution in [0.1, 0.15) is 13.8 Å². The lowest BCUT2D eigenvalue weighted by Crippen LogP contribution is -2.60. The van der Waals surface area contributed by atoms with Crippen LogP contribution in [0.25, 0.3) is 10.4 Å². The third kappa shape index (κ3) is 1.55. The van der Waals surface area contributed by atoms with Crippen molar-refractivity contribution in [3.63, 3.8) is 0 Å². The zero-order valence-corrected chi connectivity index (χ0v) is 10.1. The van der Waals surface area contributed by atoms with Crippen LogP contribution in [0.4, 0.5) is 0 Å². The van der Waals surface area contributed by atoms with Crippen molar-refractivity contribution in [3.8, 4) is 0 Å². The SMILES string of the molecule is CC1(C)O[C@@H]2C(N=[N+]=[N-])[C@H]3OC[C@](CO)(O3)[C@@H]2O1. The molecule has 18 heavy (non-hydrogen) atoms. The van der Waals surface area contributed by atoms with Crippen LogP contribution >= 0.6 is 0 Å². The molecule has 0 aromatic carbocycles. The van der Waals surface area contributed by atoms with Crippen molar-refractivity contribution in [1.29, 1.82) is 0 Å². The molecule has 1 unspecified atom stereocenters. The van der Waals surface area contributed by atoms with Crippen molar-refractivity contribution in [2.24, 2.45) is 5.11 Å². The van der Waals surface area contributed by atoms with E-state index in [2.05, 4.69) is 10.0 Å². The molecule has 3 rings (SSSR count). The summed E-state index contributed by atoms with van der Waals surface area (Å²) in [5.41, 5.74) is 7.69. The number of fused-ring (bicyclic) bond motifs is 4. The van der Waals surface area contributed by atoms with Gasteiger partial charge in [0.1, 0.15) is 23.9 Å². The summed E-state index contributed by atoms with van der Waals surface area (Å²) in [4.78, 5) is 2.80. The molecule has 0 spiro atoms. The van der Waals surface area contributed by atoms with Gasteiger partial charge in [-0.1, -0.05) is 5.11 Å². The molecule has 3 saturated heterocycles. The summed E-state index contributed by atoms with van der Waals surface area (Å²) in [6.45, 7) is 3.52. The molecule has 8 heteroatoms. The van der Waals surface area contributed by atoms with Gasteiger partial charge in [0, 0.05) is 4.91 Å². The van der Waals surface area contributed by atoms with Gasteiger partial charge >= 0.3 is 0 Å². The van der Waals surface area contributed by atoms with Gasteiger partial charge in [0.15, 0.2) is 12.1 Å². The first-order chi connectivity index (χ1) is 8.51. The van der Waals surface area contributed by atoms with E-state index < -0.39 is 35.9 Å². The minimum absolute atomic E-state index is 0.201. The highest BCUT2D eigenvalue weighted by Gasteiger charge is 2.65. The largest absolute Gasteiger partial charge is 0.393 e. The number of azide groups is 1. The molecule has 3 heterocycles. The van der Waals surface area contributed by atoms with Gasteiger partial charge in [0.2, 0.25) is 0 Å². The topological polar surface area (TPSA) is 106 Å². The van der Waals surface area contributed by atoms with Gasteiger partial charge in [-0.25, -0.2) is 0 Å².